The molecule has 1 aromatic heterocycles. The average molecular weight is 310 g/mol. The normalized spacial score (nSPS) is 10.5. The van der Waals surface area contributed by atoms with Crippen LogP contribution in [0.25, 0.3) is 16.9 Å². The Morgan fingerprint density at radius 2 is 1.70 bits per heavy atom. The zero-order chi connectivity index (χ0) is 16.2. The molecule has 5 heteroatoms. The Labute approximate surface area is 133 Å². The number of carbonyl (C=O) groups is 1. The van der Waals surface area contributed by atoms with Crippen LogP contribution in [0.3, 0.4) is 0 Å². The van der Waals surface area contributed by atoms with Crippen molar-refractivity contribution in [2.75, 3.05) is 6.61 Å². The number of para-hydroxylation sites is 1. The van der Waals surface area contributed by atoms with Crippen molar-refractivity contribution in [2.24, 2.45) is 0 Å². The fourth-order valence-electron chi connectivity index (χ4n) is 2.32. The number of hydrogen-bond donors (Lipinski definition) is 0. The summed E-state index contributed by atoms with van der Waals surface area (Å²) in [5.74, 6) is -1.44. The van der Waals surface area contributed by atoms with Crippen LogP contribution < -0.4 is 0 Å². The molecule has 0 bridgehead atoms. The number of nitrogens with zero attached hydrogens (tertiary/aromatic N) is 2. The number of carbonyl (C=O) groups excluding carboxylic acids is 1. The van der Waals surface area contributed by atoms with E-state index in [4.69, 9.17) is 4.74 Å². The summed E-state index contributed by atoms with van der Waals surface area (Å²) >= 11 is 0. The number of hydrogen-bond acceptors (Lipinski definition) is 3. The molecule has 116 valence electrons. The molecule has 0 unspecified atom stereocenters. The second kappa shape index (κ2) is 6.44. The lowest BCUT2D eigenvalue weighted by molar-refractivity contribution is 0.0521. The molecule has 0 saturated heterocycles. The Morgan fingerprint density at radius 1 is 1.09 bits per heavy atom. The van der Waals surface area contributed by atoms with Crippen molar-refractivity contribution < 1.29 is 13.9 Å². The Balaban J connectivity index is 2.20. The van der Waals surface area contributed by atoms with Crippen molar-refractivity contribution in [1.82, 2.24) is 9.78 Å². The molecule has 3 rings (SSSR count). The fraction of sp³-hybridized carbons (Fsp3) is 0.111. The minimum atomic E-state index is -0.728. The number of benzene rings is 2. The minimum Gasteiger partial charge on any atom is -0.462 e. The molecule has 0 aliphatic rings. The molecule has 2 aromatic carbocycles. The fourth-order valence-corrected chi connectivity index (χ4v) is 2.32. The van der Waals surface area contributed by atoms with Crippen LogP contribution in [0, 0.1) is 5.95 Å². The summed E-state index contributed by atoms with van der Waals surface area (Å²) in [6.45, 7) is 1.85. The number of halogens is 1. The largest absolute Gasteiger partial charge is 0.462 e. The molecule has 0 aliphatic carbocycles. The highest BCUT2D eigenvalue weighted by atomic mass is 19.1. The predicted molar refractivity (Wildman–Crippen MR) is 84.9 cm³/mol. The summed E-state index contributed by atoms with van der Waals surface area (Å²) in [5, 5.41) is 4.29. The van der Waals surface area contributed by atoms with Gasteiger partial charge < -0.3 is 4.74 Å². The van der Waals surface area contributed by atoms with Crippen LogP contribution in [0.5, 0.6) is 0 Å². The SMILES string of the molecule is CCOC(=O)c1c(-c2ccccc2)nn(-c2ccccc2)c1F. The first-order chi connectivity index (χ1) is 11.2. The smallest absolute Gasteiger partial charge is 0.345 e. The zero-order valence-electron chi connectivity index (χ0n) is 12.6. The van der Waals surface area contributed by atoms with Gasteiger partial charge in [-0.05, 0) is 19.1 Å². The molecule has 0 radical (unpaired) electrons. The molecule has 0 fully saturated rings. The highest BCUT2D eigenvalue weighted by Gasteiger charge is 2.26. The van der Waals surface area contributed by atoms with Crippen molar-refractivity contribution in [1.29, 1.82) is 0 Å². The third-order valence-corrected chi connectivity index (χ3v) is 3.36. The van der Waals surface area contributed by atoms with E-state index in [0.717, 1.165) is 4.68 Å². The summed E-state index contributed by atoms with van der Waals surface area (Å²) in [6.07, 6.45) is 0. The van der Waals surface area contributed by atoms with E-state index in [0.29, 0.717) is 11.3 Å². The summed E-state index contributed by atoms with van der Waals surface area (Å²) in [7, 11) is 0. The number of rotatable bonds is 4. The van der Waals surface area contributed by atoms with Crippen LogP contribution in [-0.2, 0) is 4.74 Å². The second-order valence-corrected chi connectivity index (χ2v) is 4.85. The first kappa shape index (κ1) is 15.0. The third-order valence-electron chi connectivity index (χ3n) is 3.36. The van der Waals surface area contributed by atoms with E-state index in [9.17, 15) is 9.18 Å². The van der Waals surface area contributed by atoms with Gasteiger partial charge in [0.05, 0.1) is 12.3 Å². The lowest BCUT2D eigenvalue weighted by Crippen LogP contribution is -2.08. The molecule has 0 N–H and O–H groups in total. The summed E-state index contributed by atoms with van der Waals surface area (Å²) in [6, 6.07) is 17.9. The maximum absolute atomic E-state index is 14.8. The van der Waals surface area contributed by atoms with Crippen molar-refractivity contribution >= 4 is 5.97 Å². The second-order valence-electron chi connectivity index (χ2n) is 4.85. The molecule has 0 saturated carbocycles. The highest BCUT2D eigenvalue weighted by Crippen LogP contribution is 2.27. The van der Waals surface area contributed by atoms with E-state index < -0.39 is 11.9 Å². The van der Waals surface area contributed by atoms with Gasteiger partial charge in [-0.3, -0.25) is 0 Å². The van der Waals surface area contributed by atoms with Gasteiger partial charge in [0, 0.05) is 5.56 Å². The van der Waals surface area contributed by atoms with Crippen molar-refractivity contribution in [2.45, 2.75) is 6.92 Å². The minimum absolute atomic E-state index is 0.151. The van der Waals surface area contributed by atoms with Gasteiger partial charge in [-0.1, -0.05) is 48.5 Å². The van der Waals surface area contributed by atoms with Gasteiger partial charge in [-0.15, -0.1) is 0 Å². The number of esters is 1. The van der Waals surface area contributed by atoms with E-state index in [2.05, 4.69) is 5.10 Å². The Bertz CT molecular complexity index is 814. The van der Waals surface area contributed by atoms with Gasteiger partial charge in [0.25, 0.3) is 0 Å². The van der Waals surface area contributed by atoms with Gasteiger partial charge in [0.1, 0.15) is 11.3 Å². The molecule has 1 heterocycles. The summed E-state index contributed by atoms with van der Waals surface area (Å²) in [4.78, 5) is 12.2. The number of aromatic nitrogens is 2. The standard InChI is InChI=1S/C18H15FN2O2/c1-2-23-18(22)15-16(13-9-5-3-6-10-13)20-21(17(15)19)14-11-7-4-8-12-14/h3-12H,2H2,1H3. The van der Waals surface area contributed by atoms with E-state index in [1.54, 1.807) is 43.3 Å². The first-order valence-corrected chi connectivity index (χ1v) is 7.29. The van der Waals surface area contributed by atoms with Crippen molar-refractivity contribution in [3.8, 4) is 16.9 Å². The van der Waals surface area contributed by atoms with Crippen LogP contribution in [0.15, 0.2) is 60.7 Å². The van der Waals surface area contributed by atoms with E-state index >= 15 is 0 Å². The first-order valence-electron chi connectivity index (χ1n) is 7.29. The lowest BCUT2D eigenvalue weighted by atomic mass is 10.1. The zero-order valence-corrected chi connectivity index (χ0v) is 12.6. The van der Waals surface area contributed by atoms with Gasteiger partial charge >= 0.3 is 5.97 Å². The van der Waals surface area contributed by atoms with Crippen LogP contribution >= 0.6 is 0 Å². The Kier molecular flexibility index (Phi) is 4.19. The van der Waals surface area contributed by atoms with Crippen molar-refractivity contribution in [3.63, 3.8) is 0 Å². The molecule has 0 aliphatic heterocycles. The lowest BCUT2D eigenvalue weighted by Gasteiger charge is -2.02. The van der Waals surface area contributed by atoms with Gasteiger partial charge in [0.15, 0.2) is 0 Å². The molecule has 23 heavy (non-hydrogen) atoms. The number of ether oxygens (including phenoxy) is 1. The van der Waals surface area contributed by atoms with Crippen LogP contribution in [0.2, 0.25) is 0 Å². The molecular weight excluding hydrogens is 295 g/mol. The molecule has 0 amide bonds. The molecule has 0 atom stereocenters. The summed E-state index contributed by atoms with van der Waals surface area (Å²) < 4.78 is 20.9. The van der Waals surface area contributed by atoms with Gasteiger partial charge in [-0.25, -0.2) is 9.48 Å². The molecule has 4 nitrogen and oxygen atoms in total. The maximum atomic E-state index is 14.8. The molecular formula is C18H15FN2O2. The Hall–Kier alpha value is -2.95. The van der Waals surface area contributed by atoms with Gasteiger partial charge in [-0.2, -0.15) is 9.49 Å². The summed E-state index contributed by atoms with van der Waals surface area (Å²) in [5.41, 5.74) is 1.31. The van der Waals surface area contributed by atoms with Crippen molar-refractivity contribution in [3.05, 3.63) is 72.2 Å². The monoisotopic (exact) mass is 310 g/mol. The van der Waals surface area contributed by atoms with Crippen LogP contribution in [0.1, 0.15) is 17.3 Å². The molecule has 3 aromatic rings. The van der Waals surface area contributed by atoms with Crippen LogP contribution in [0.4, 0.5) is 4.39 Å². The third kappa shape index (κ3) is 2.85. The van der Waals surface area contributed by atoms with E-state index in [1.165, 1.54) is 0 Å². The topological polar surface area (TPSA) is 44.1 Å². The molecule has 0 spiro atoms. The maximum Gasteiger partial charge on any atom is 0.345 e. The van der Waals surface area contributed by atoms with Gasteiger partial charge in [0.2, 0.25) is 5.95 Å². The highest BCUT2D eigenvalue weighted by molar-refractivity contribution is 5.96. The predicted octanol–water partition coefficient (Wildman–Crippen LogP) is 3.86. The quantitative estimate of drug-likeness (QED) is 0.687. The van der Waals surface area contributed by atoms with E-state index in [1.807, 2.05) is 24.3 Å². The van der Waals surface area contributed by atoms with E-state index in [-0.39, 0.29) is 17.9 Å². The van der Waals surface area contributed by atoms with Crippen LogP contribution in [-0.4, -0.2) is 22.4 Å². The Morgan fingerprint density at radius 3 is 2.30 bits per heavy atom. The average Bonchev–Trinajstić information content (AvgIpc) is 2.94.